The summed E-state index contributed by atoms with van der Waals surface area (Å²) in [5.74, 6) is -0.133. The van der Waals surface area contributed by atoms with E-state index >= 15 is 0 Å². The summed E-state index contributed by atoms with van der Waals surface area (Å²) in [7, 11) is -3.80. The van der Waals surface area contributed by atoms with E-state index in [1.165, 1.54) is 12.1 Å². The normalized spacial score (nSPS) is 13.1. The summed E-state index contributed by atoms with van der Waals surface area (Å²) in [5.41, 5.74) is 0.495. The predicted octanol–water partition coefficient (Wildman–Crippen LogP) is 1.08. The molecular formula is C9H10O4PPr2-3. The summed E-state index contributed by atoms with van der Waals surface area (Å²) in [5, 5.41) is 8.87. The van der Waals surface area contributed by atoms with Crippen LogP contribution < -0.4 is 4.89 Å². The van der Waals surface area contributed by atoms with Gasteiger partial charge in [0, 0.05) is 82.6 Å². The van der Waals surface area contributed by atoms with E-state index in [2.05, 4.69) is 16.7 Å². The monoisotopic (exact) mass is 495 g/mol. The number of aromatic hydroxyl groups is 1. The molecule has 16 heavy (non-hydrogen) atoms. The summed E-state index contributed by atoms with van der Waals surface area (Å²) in [4.78, 5) is 11.2. The standard InChI is InChI=1S/C9H11O4P.2Pr/c1-2-13-14(11,12)7-8-3-5-9(10)6-4-8;;/h3-4,10H,2,7H2,1H3,(H,11,12);;/q-2;;/p-1. The minimum atomic E-state index is -3.80. The molecule has 0 aliphatic carbocycles. The van der Waals surface area contributed by atoms with E-state index in [0.717, 1.165) is 0 Å². The number of rotatable bonds is 4. The molecule has 0 spiro atoms. The summed E-state index contributed by atoms with van der Waals surface area (Å²) in [6.07, 6.45) is -0.200. The zero-order chi connectivity index (χ0) is 10.6. The summed E-state index contributed by atoms with van der Waals surface area (Å²) in [6.45, 7) is 1.74. The van der Waals surface area contributed by atoms with Crippen LogP contribution in [0.2, 0.25) is 0 Å². The molecule has 84 valence electrons. The van der Waals surface area contributed by atoms with Gasteiger partial charge in [0.1, 0.15) is 7.60 Å². The van der Waals surface area contributed by atoms with E-state index in [4.69, 9.17) is 5.11 Å². The van der Waals surface area contributed by atoms with Gasteiger partial charge in [-0.05, 0) is 6.92 Å². The molecule has 1 aromatic rings. The summed E-state index contributed by atoms with van der Waals surface area (Å²) in [6, 6.07) is 7.69. The first-order valence-corrected chi connectivity index (χ1v) is 5.82. The molecule has 4 nitrogen and oxygen atoms in total. The van der Waals surface area contributed by atoms with Gasteiger partial charge in [0.15, 0.2) is 0 Å². The van der Waals surface area contributed by atoms with E-state index in [-0.39, 0.29) is 101 Å². The number of phenolic OH excluding ortho intramolecular Hbond substituents is 1. The molecule has 0 aliphatic heterocycles. The Hall–Kier alpha value is 1.90. The molecule has 1 unspecified atom stereocenters. The first-order valence-electron chi connectivity index (χ1n) is 4.09. The number of benzene rings is 1. The molecule has 1 N–H and O–H groups in total. The molecule has 0 amide bonds. The van der Waals surface area contributed by atoms with Crippen molar-refractivity contribution in [1.82, 2.24) is 0 Å². The quantitative estimate of drug-likeness (QED) is 0.502. The van der Waals surface area contributed by atoms with Crippen molar-refractivity contribution in [3.05, 3.63) is 29.8 Å². The van der Waals surface area contributed by atoms with Crippen molar-refractivity contribution in [3.8, 4) is 5.75 Å². The smallest absolute Gasteiger partial charge is 0.117 e. The van der Waals surface area contributed by atoms with Gasteiger partial charge >= 0.3 is 0 Å². The van der Waals surface area contributed by atoms with Gasteiger partial charge in [-0.2, -0.15) is 0 Å². The fraction of sp³-hybridized carbons (Fsp3) is 0.333. The predicted molar refractivity (Wildman–Crippen MR) is 48.7 cm³/mol. The third-order valence-electron chi connectivity index (χ3n) is 1.49. The average molecular weight is 495 g/mol. The van der Waals surface area contributed by atoms with Gasteiger partial charge in [0.2, 0.25) is 0 Å². The molecule has 1 atom stereocenters. The van der Waals surface area contributed by atoms with Gasteiger partial charge in [-0.1, -0.05) is 6.16 Å². The van der Waals surface area contributed by atoms with Crippen LogP contribution in [0.3, 0.4) is 0 Å². The third-order valence-corrected chi connectivity index (χ3v) is 2.89. The van der Waals surface area contributed by atoms with Gasteiger partial charge in [-0.3, -0.25) is 17.7 Å². The van der Waals surface area contributed by atoms with Crippen molar-refractivity contribution in [1.29, 1.82) is 0 Å². The topological polar surface area (TPSA) is 69.6 Å². The van der Waals surface area contributed by atoms with Crippen molar-refractivity contribution in [3.63, 3.8) is 0 Å². The van der Waals surface area contributed by atoms with Gasteiger partial charge in [-0.25, -0.2) is 0 Å². The van der Waals surface area contributed by atoms with E-state index in [1.807, 2.05) is 0 Å². The second-order valence-corrected chi connectivity index (χ2v) is 4.48. The van der Waals surface area contributed by atoms with Crippen molar-refractivity contribution in [2.45, 2.75) is 13.1 Å². The van der Waals surface area contributed by atoms with Crippen LogP contribution >= 0.6 is 7.60 Å². The fourth-order valence-corrected chi connectivity index (χ4v) is 2.08. The van der Waals surface area contributed by atoms with E-state index < -0.39 is 7.60 Å². The van der Waals surface area contributed by atoms with Gasteiger partial charge in [0.25, 0.3) is 0 Å². The van der Waals surface area contributed by atoms with Crippen LogP contribution in [0, 0.1) is 94.7 Å². The molecule has 0 fully saturated rings. The van der Waals surface area contributed by atoms with Crippen LogP contribution in [0.4, 0.5) is 0 Å². The average Bonchev–Trinajstić information content (AvgIpc) is 2.08. The van der Waals surface area contributed by atoms with Crippen LogP contribution in [0.1, 0.15) is 12.5 Å². The van der Waals surface area contributed by atoms with E-state index in [1.54, 1.807) is 6.92 Å². The van der Waals surface area contributed by atoms with Gasteiger partial charge in [0.05, 0.1) is 6.61 Å². The molecule has 0 aliphatic rings. The van der Waals surface area contributed by atoms with Crippen LogP contribution in [0.15, 0.2) is 12.1 Å². The number of phenols is 1. The van der Waals surface area contributed by atoms with Crippen LogP contribution in [-0.4, -0.2) is 11.7 Å². The maximum absolute atomic E-state index is 11.2. The SMILES string of the molecule is CCOP(=O)([O-])Cc1c[c-]c(O)[c-]c1.[Pr].[Pr]. The Labute approximate surface area is 162 Å². The number of hydrogen-bond donors (Lipinski definition) is 1. The molecule has 1 rings (SSSR count). The largest absolute Gasteiger partial charge is 0.780 e. The third kappa shape index (κ3) is 8.08. The fourth-order valence-electron chi connectivity index (χ4n) is 0.963. The molecular weight excluding hydrogens is 485 g/mol. The number of hydrogen-bond acceptors (Lipinski definition) is 4. The first-order chi connectivity index (χ1) is 6.53. The summed E-state index contributed by atoms with van der Waals surface area (Å²) < 4.78 is 15.8. The minimum absolute atomic E-state index is 0. The minimum Gasteiger partial charge on any atom is -0.780 e. The molecule has 0 saturated heterocycles. The van der Waals surface area contributed by atoms with Crippen molar-refractivity contribution in [2.24, 2.45) is 0 Å². The zero-order valence-electron chi connectivity index (χ0n) is 8.84. The van der Waals surface area contributed by atoms with Crippen molar-refractivity contribution in [2.75, 3.05) is 6.61 Å². The molecule has 0 aromatic heterocycles. The Morgan fingerprint density at radius 1 is 1.44 bits per heavy atom. The molecule has 2 radical (unpaired) electrons. The Morgan fingerprint density at radius 2 is 1.94 bits per heavy atom. The second kappa shape index (κ2) is 9.78. The van der Waals surface area contributed by atoms with Crippen LogP contribution in [0.5, 0.6) is 5.75 Å². The maximum Gasteiger partial charge on any atom is 0.117 e. The Morgan fingerprint density at radius 3 is 2.38 bits per heavy atom. The van der Waals surface area contributed by atoms with Gasteiger partial charge < -0.3 is 31.2 Å². The molecule has 1 aromatic carbocycles. The Balaban J connectivity index is 0. The van der Waals surface area contributed by atoms with Crippen LogP contribution in [0.25, 0.3) is 0 Å². The summed E-state index contributed by atoms with van der Waals surface area (Å²) >= 11 is 0. The second-order valence-electron chi connectivity index (χ2n) is 2.69. The Bertz CT molecular complexity index is 342. The molecule has 7 heteroatoms. The zero-order valence-corrected chi connectivity index (χ0v) is 17.1. The van der Waals surface area contributed by atoms with E-state index in [0.29, 0.717) is 5.56 Å². The molecule has 0 bridgehead atoms. The molecule has 0 heterocycles. The Kier molecular flexibility index (Phi) is 12.4. The molecule has 0 saturated carbocycles. The van der Waals surface area contributed by atoms with E-state index in [9.17, 15) is 9.46 Å². The van der Waals surface area contributed by atoms with Crippen LogP contribution in [-0.2, 0) is 15.3 Å². The first kappa shape index (κ1) is 20.2. The van der Waals surface area contributed by atoms with Gasteiger partial charge in [-0.15, -0.1) is 5.75 Å². The van der Waals surface area contributed by atoms with Crippen molar-refractivity contribution < 1.29 is 102 Å². The maximum atomic E-state index is 11.2. The van der Waals surface area contributed by atoms with Crippen molar-refractivity contribution >= 4 is 7.60 Å².